The fourth-order valence-corrected chi connectivity index (χ4v) is 1.98. The van der Waals surface area contributed by atoms with Crippen molar-refractivity contribution in [1.29, 1.82) is 0 Å². The predicted molar refractivity (Wildman–Crippen MR) is 68.1 cm³/mol. The minimum Gasteiger partial charge on any atom is -0.380 e. The van der Waals surface area contributed by atoms with E-state index < -0.39 is 6.10 Å². The Bertz CT molecular complexity index is 536. The molecule has 2 heterocycles. The van der Waals surface area contributed by atoms with Crippen LogP contribution in [0.3, 0.4) is 0 Å². The van der Waals surface area contributed by atoms with E-state index in [-0.39, 0.29) is 0 Å². The summed E-state index contributed by atoms with van der Waals surface area (Å²) in [7, 11) is 0. The molecule has 5 nitrogen and oxygen atoms in total. The quantitative estimate of drug-likeness (QED) is 0.893. The molecule has 0 spiro atoms. The molecule has 0 saturated heterocycles. The van der Waals surface area contributed by atoms with E-state index in [9.17, 15) is 5.11 Å². The van der Waals surface area contributed by atoms with Gasteiger partial charge in [-0.2, -0.15) is 10.2 Å². The van der Waals surface area contributed by atoms with Gasteiger partial charge in [-0.15, -0.1) is 0 Å². The number of nitrogens with zero attached hydrogens (tertiary/aromatic N) is 4. The average Bonchev–Trinajstić information content (AvgIpc) is 2.80. The SMILES string of the molecule is CCCn1ccnc1C(O)c1cc(C)nnc1C. The van der Waals surface area contributed by atoms with E-state index in [1.807, 2.05) is 30.7 Å². The maximum atomic E-state index is 10.4. The largest absolute Gasteiger partial charge is 0.380 e. The normalized spacial score (nSPS) is 12.7. The van der Waals surface area contributed by atoms with E-state index in [1.54, 1.807) is 6.20 Å². The number of aliphatic hydroxyl groups is 1. The molecular formula is C13H18N4O. The van der Waals surface area contributed by atoms with Gasteiger partial charge < -0.3 is 9.67 Å². The Morgan fingerprint density at radius 1 is 1.33 bits per heavy atom. The lowest BCUT2D eigenvalue weighted by Crippen LogP contribution is -2.12. The van der Waals surface area contributed by atoms with Crippen LogP contribution in [0.25, 0.3) is 0 Å². The second-order valence-corrected chi connectivity index (χ2v) is 4.41. The molecule has 2 rings (SSSR count). The summed E-state index contributed by atoms with van der Waals surface area (Å²) < 4.78 is 1.97. The first-order chi connectivity index (χ1) is 8.63. The van der Waals surface area contributed by atoms with E-state index in [2.05, 4.69) is 22.1 Å². The van der Waals surface area contributed by atoms with Crippen LogP contribution in [0.4, 0.5) is 0 Å². The molecule has 0 amide bonds. The lowest BCUT2D eigenvalue weighted by Gasteiger charge is -2.14. The van der Waals surface area contributed by atoms with Gasteiger partial charge in [-0.3, -0.25) is 0 Å². The van der Waals surface area contributed by atoms with Gasteiger partial charge in [-0.1, -0.05) is 6.92 Å². The van der Waals surface area contributed by atoms with Gasteiger partial charge in [0.25, 0.3) is 0 Å². The third-order valence-corrected chi connectivity index (χ3v) is 2.89. The molecule has 0 radical (unpaired) electrons. The number of rotatable bonds is 4. The Kier molecular flexibility index (Phi) is 3.72. The summed E-state index contributed by atoms with van der Waals surface area (Å²) in [6.45, 7) is 6.65. The van der Waals surface area contributed by atoms with Crippen LogP contribution in [-0.2, 0) is 6.54 Å². The Labute approximate surface area is 107 Å². The van der Waals surface area contributed by atoms with Crippen LogP contribution in [-0.4, -0.2) is 24.9 Å². The molecule has 1 N–H and O–H groups in total. The maximum Gasteiger partial charge on any atom is 0.142 e. The zero-order valence-corrected chi connectivity index (χ0v) is 11.0. The first-order valence-corrected chi connectivity index (χ1v) is 6.13. The van der Waals surface area contributed by atoms with Crippen molar-refractivity contribution in [2.45, 2.75) is 39.8 Å². The highest BCUT2D eigenvalue weighted by Gasteiger charge is 2.19. The van der Waals surface area contributed by atoms with E-state index in [0.29, 0.717) is 5.82 Å². The molecule has 0 saturated carbocycles. The van der Waals surface area contributed by atoms with Crippen LogP contribution in [0.2, 0.25) is 0 Å². The molecule has 1 atom stereocenters. The Hall–Kier alpha value is -1.75. The fraction of sp³-hybridized carbons (Fsp3) is 0.462. The van der Waals surface area contributed by atoms with Gasteiger partial charge in [-0.25, -0.2) is 4.98 Å². The Balaban J connectivity index is 2.38. The summed E-state index contributed by atoms with van der Waals surface area (Å²) in [5.41, 5.74) is 2.30. The molecular weight excluding hydrogens is 228 g/mol. The average molecular weight is 246 g/mol. The standard InChI is InChI=1S/C13H18N4O/c1-4-6-17-7-5-14-13(17)12(18)11-8-9(2)15-16-10(11)3/h5,7-8,12,18H,4,6H2,1-3H3. The first kappa shape index (κ1) is 12.7. The van der Waals surface area contributed by atoms with Gasteiger partial charge in [0.15, 0.2) is 0 Å². The minimum absolute atomic E-state index is 0.660. The van der Waals surface area contributed by atoms with Gasteiger partial charge in [0.1, 0.15) is 11.9 Å². The van der Waals surface area contributed by atoms with Crippen LogP contribution < -0.4 is 0 Å². The molecule has 0 aromatic carbocycles. The van der Waals surface area contributed by atoms with E-state index >= 15 is 0 Å². The number of aryl methyl sites for hydroxylation is 3. The van der Waals surface area contributed by atoms with Crippen molar-refractivity contribution in [2.75, 3.05) is 0 Å². The molecule has 0 bridgehead atoms. The Morgan fingerprint density at radius 3 is 2.83 bits per heavy atom. The van der Waals surface area contributed by atoms with Crippen molar-refractivity contribution in [3.05, 3.63) is 41.2 Å². The topological polar surface area (TPSA) is 63.8 Å². The molecule has 0 aliphatic heterocycles. The van der Waals surface area contributed by atoms with E-state index in [4.69, 9.17) is 0 Å². The summed E-state index contributed by atoms with van der Waals surface area (Å²) >= 11 is 0. The second-order valence-electron chi connectivity index (χ2n) is 4.41. The summed E-state index contributed by atoms with van der Waals surface area (Å²) in [4.78, 5) is 4.25. The number of hydrogen-bond donors (Lipinski definition) is 1. The lowest BCUT2D eigenvalue weighted by molar-refractivity contribution is 0.202. The molecule has 96 valence electrons. The van der Waals surface area contributed by atoms with Crippen LogP contribution in [0, 0.1) is 13.8 Å². The monoisotopic (exact) mass is 246 g/mol. The molecule has 0 aliphatic rings. The number of aliphatic hydroxyl groups excluding tert-OH is 1. The third kappa shape index (κ3) is 2.41. The molecule has 0 aliphatic carbocycles. The van der Waals surface area contributed by atoms with Crippen LogP contribution >= 0.6 is 0 Å². The van der Waals surface area contributed by atoms with Crippen LogP contribution in [0.15, 0.2) is 18.5 Å². The fourth-order valence-electron chi connectivity index (χ4n) is 1.98. The summed E-state index contributed by atoms with van der Waals surface area (Å²) in [6, 6.07) is 1.86. The molecule has 5 heteroatoms. The van der Waals surface area contributed by atoms with Gasteiger partial charge >= 0.3 is 0 Å². The highest BCUT2D eigenvalue weighted by atomic mass is 16.3. The molecule has 18 heavy (non-hydrogen) atoms. The summed E-state index contributed by atoms with van der Waals surface area (Å²) in [5.74, 6) is 0.660. The molecule has 0 fully saturated rings. The van der Waals surface area contributed by atoms with E-state index in [1.165, 1.54) is 0 Å². The molecule has 1 unspecified atom stereocenters. The van der Waals surface area contributed by atoms with Crippen molar-refractivity contribution in [3.63, 3.8) is 0 Å². The highest BCUT2D eigenvalue weighted by Crippen LogP contribution is 2.22. The van der Waals surface area contributed by atoms with Crippen LogP contribution in [0.5, 0.6) is 0 Å². The minimum atomic E-state index is -0.749. The first-order valence-electron chi connectivity index (χ1n) is 6.13. The van der Waals surface area contributed by atoms with Crippen molar-refractivity contribution in [1.82, 2.24) is 19.7 Å². The number of hydrogen-bond acceptors (Lipinski definition) is 4. The molecule has 2 aromatic rings. The molecule has 2 aromatic heterocycles. The number of aromatic nitrogens is 4. The van der Waals surface area contributed by atoms with Crippen molar-refractivity contribution in [3.8, 4) is 0 Å². The van der Waals surface area contributed by atoms with E-state index in [0.717, 1.165) is 29.9 Å². The number of imidazole rings is 1. The second kappa shape index (κ2) is 5.27. The van der Waals surface area contributed by atoms with Gasteiger partial charge in [0.2, 0.25) is 0 Å². The van der Waals surface area contributed by atoms with Gasteiger partial charge in [0, 0.05) is 24.5 Å². The third-order valence-electron chi connectivity index (χ3n) is 2.89. The van der Waals surface area contributed by atoms with Crippen molar-refractivity contribution < 1.29 is 5.11 Å². The van der Waals surface area contributed by atoms with Gasteiger partial charge in [-0.05, 0) is 26.3 Å². The van der Waals surface area contributed by atoms with Crippen LogP contribution in [0.1, 0.15) is 42.2 Å². The summed E-state index contributed by atoms with van der Waals surface area (Å²) in [5, 5.41) is 18.5. The Morgan fingerprint density at radius 2 is 2.11 bits per heavy atom. The maximum absolute atomic E-state index is 10.4. The zero-order valence-electron chi connectivity index (χ0n) is 11.0. The zero-order chi connectivity index (χ0) is 13.1. The predicted octanol–water partition coefficient (Wildman–Crippen LogP) is 1.78. The van der Waals surface area contributed by atoms with Gasteiger partial charge in [0.05, 0.1) is 11.4 Å². The lowest BCUT2D eigenvalue weighted by atomic mass is 10.1. The smallest absolute Gasteiger partial charge is 0.142 e. The summed E-state index contributed by atoms with van der Waals surface area (Å²) in [6.07, 6.45) is 3.85. The highest BCUT2D eigenvalue weighted by molar-refractivity contribution is 5.27. The van der Waals surface area contributed by atoms with Crippen molar-refractivity contribution in [2.24, 2.45) is 0 Å². The van der Waals surface area contributed by atoms with Crippen molar-refractivity contribution >= 4 is 0 Å².